The van der Waals surface area contributed by atoms with Crippen LogP contribution in [0.1, 0.15) is 37.1 Å². The van der Waals surface area contributed by atoms with Crippen LogP contribution in [0.2, 0.25) is 4.34 Å². The summed E-state index contributed by atoms with van der Waals surface area (Å²) in [5.74, 6) is 0. The number of hydrogen-bond acceptors (Lipinski definition) is 4. The first kappa shape index (κ1) is 14.8. The first-order chi connectivity index (χ1) is 9.78. The Labute approximate surface area is 130 Å². The predicted molar refractivity (Wildman–Crippen MR) is 84.7 cm³/mol. The number of halogens is 1. The normalized spacial score (nSPS) is 28.5. The molecule has 0 radical (unpaired) electrons. The molecule has 2 saturated heterocycles. The Morgan fingerprint density at radius 3 is 3.20 bits per heavy atom. The zero-order chi connectivity index (χ0) is 13.9. The Morgan fingerprint density at radius 1 is 1.55 bits per heavy atom. The van der Waals surface area contributed by atoms with Gasteiger partial charge in [0.1, 0.15) is 0 Å². The minimum atomic E-state index is 0.241. The molecule has 0 amide bonds. The van der Waals surface area contributed by atoms with Gasteiger partial charge in [-0.2, -0.15) is 0 Å². The molecule has 5 heteroatoms. The molecular formula is C15H23ClN2OS. The molecule has 3 nitrogen and oxygen atoms in total. The molecule has 0 saturated carbocycles. The maximum atomic E-state index is 6.17. The van der Waals surface area contributed by atoms with Crippen molar-refractivity contribution in [2.24, 2.45) is 0 Å². The van der Waals surface area contributed by atoms with E-state index in [9.17, 15) is 0 Å². The van der Waals surface area contributed by atoms with Gasteiger partial charge in [0.05, 0.1) is 23.1 Å². The summed E-state index contributed by atoms with van der Waals surface area (Å²) in [6, 6.07) is 5.06. The van der Waals surface area contributed by atoms with Crippen LogP contribution in [0.3, 0.4) is 0 Å². The van der Waals surface area contributed by atoms with Gasteiger partial charge in [0.2, 0.25) is 0 Å². The summed E-state index contributed by atoms with van der Waals surface area (Å²) < 4.78 is 7.03. The van der Waals surface area contributed by atoms with Crippen molar-refractivity contribution in [3.05, 3.63) is 21.3 Å². The zero-order valence-electron chi connectivity index (χ0n) is 12.0. The molecule has 0 aromatic carbocycles. The fourth-order valence-corrected chi connectivity index (χ4v) is 4.44. The molecule has 0 bridgehead atoms. The number of nitrogens with one attached hydrogen (secondary N) is 1. The predicted octanol–water partition coefficient (Wildman–Crippen LogP) is 3.31. The third-order valence-electron chi connectivity index (χ3n) is 4.30. The number of morpholine rings is 1. The van der Waals surface area contributed by atoms with Crippen LogP contribution in [-0.4, -0.2) is 43.3 Å². The second kappa shape index (κ2) is 6.75. The lowest BCUT2D eigenvalue weighted by atomic mass is 10.1. The van der Waals surface area contributed by atoms with E-state index in [1.165, 1.54) is 24.3 Å². The SMILES string of the molecule is CCCNC(c1ccc(Cl)s1)C1CN2CCCC2CO1. The summed E-state index contributed by atoms with van der Waals surface area (Å²) in [5, 5.41) is 3.65. The molecule has 2 aliphatic heterocycles. The number of rotatable bonds is 5. The van der Waals surface area contributed by atoms with Crippen LogP contribution in [0.15, 0.2) is 12.1 Å². The zero-order valence-corrected chi connectivity index (χ0v) is 13.6. The van der Waals surface area contributed by atoms with Crippen LogP contribution in [0, 0.1) is 0 Å². The van der Waals surface area contributed by atoms with Crippen LogP contribution < -0.4 is 5.32 Å². The van der Waals surface area contributed by atoms with Gasteiger partial charge in [0.15, 0.2) is 0 Å². The Hall–Kier alpha value is -0.130. The number of nitrogens with zero attached hydrogens (tertiary/aromatic N) is 1. The molecule has 112 valence electrons. The second-order valence-corrected chi connectivity index (χ2v) is 7.48. The fourth-order valence-electron chi connectivity index (χ4n) is 3.25. The van der Waals surface area contributed by atoms with Gasteiger partial charge in [0, 0.05) is 17.5 Å². The lowest BCUT2D eigenvalue weighted by Crippen LogP contribution is -2.50. The summed E-state index contributed by atoms with van der Waals surface area (Å²) in [5.41, 5.74) is 0. The molecular weight excluding hydrogens is 292 g/mol. The van der Waals surface area contributed by atoms with E-state index in [1.807, 2.05) is 6.07 Å². The Morgan fingerprint density at radius 2 is 2.45 bits per heavy atom. The minimum absolute atomic E-state index is 0.241. The summed E-state index contributed by atoms with van der Waals surface area (Å²) in [6.45, 7) is 6.37. The molecule has 0 aliphatic carbocycles. The number of thiophene rings is 1. The van der Waals surface area contributed by atoms with Crippen molar-refractivity contribution in [2.75, 3.05) is 26.2 Å². The number of fused-ring (bicyclic) bond motifs is 1. The maximum absolute atomic E-state index is 6.17. The van der Waals surface area contributed by atoms with Crippen molar-refractivity contribution in [3.8, 4) is 0 Å². The van der Waals surface area contributed by atoms with Crippen molar-refractivity contribution < 1.29 is 4.74 Å². The quantitative estimate of drug-likeness (QED) is 0.902. The lowest BCUT2D eigenvalue weighted by Gasteiger charge is -2.39. The van der Waals surface area contributed by atoms with Gasteiger partial charge in [-0.05, 0) is 44.5 Å². The average Bonchev–Trinajstić information content (AvgIpc) is 3.07. The topological polar surface area (TPSA) is 24.5 Å². The van der Waals surface area contributed by atoms with Crippen LogP contribution >= 0.6 is 22.9 Å². The molecule has 3 heterocycles. The number of hydrogen-bond donors (Lipinski definition) is 1. The van der Waals surface area contributed by atoms with Crippen LogP contribution in [0.5, 0.6) is 0 Å². The third-order valence-corrected chi connectivity index (χ3v) is 5.62. The van der Waals surface area contributed by atoms with Gasteiger partial charge in [-0.1, -0.05) is 18.5 Å². The molecule has 1 N–H and O–H groups in total. The molecule has 1 aromatic rings. The summed E-state index contributed by atoms with van der Waals surface area (Å²) >= 11 is 7.78. The highest BCUT2D eigenvalue weighted by Gasteiger charge is 2.36. The van der Waals surface area contributed by atoms with Gasteiger partial charge < -0.3 is 10.1 Å². The number of ether oxygens (including phenoxy) is 1. The highest BCUT2D eigenvalue weighted by molar-refractivity contribution is 7.16. The van der Waals surface area contributed by atoms with E-state index in [4.69, 9.17) is 16.3 Å². The van der Waals surface area contributed by atoms with E-state index in [-0.39, 0.29) is 12.1 Å². The van der Waals surface area contributed by atoms with Crippen molar-refractivity contribution in [3.63, 3.8) is 0 Å². The van der Waals surface area contributed by atoms with Gasteiger partial charge in [-0.15, -0.1) is 11.3 Å². The smallest absolute Gasteiger partial charge is 0.0931 e. The van der Waals surface area contributed by atoms with Crippen molar-refractivity contribution in [2.45, 2.75) is 44.4 Å². The molecule has 20 heavy (non-hydrogen) atoms. The second-order valence-electron chi connectivity index (χ2n) is 5.74. The van der Waals surface area contributed by atoms with Crippen molar-refractivity contribution >= 4 is 22.9 Å². The summed E-state index contributed by atoms with van der Waals surface area (Å²) in [6.07, 6.45) is 3.99. The van der Waals surface area contributed by atoms with E-state index in [1.54, 1.807) is 11.3 Å². The minimum Gasteiger partial charge on any atom is -0.373 e. The average molecular weight is 315 g/mol. The van der Waals surface area contributed by atoms with Crippen LogP contribution in [0.25, 0.3) is 0 Å². The van der Waals surface area contributed by atoms with E-state index < -0.39 is 0 Å². The standard InChI is InChI=1S/C15H23ClN2OS/c1-2-7-17-15(13-5-6-14(16)20-13)12-9-18-8-3-4-11(18)10-19-12/h5-6,11-12,15,17H,2-4,7-10H2,1H3. The molecule has 3 rings (SSSR count). The first-order valence-electron chi connectivity index (χ1n) is 7.62. The lowest BCUT2D eigenvalue weighted by molar-refractivity contribution is -0.0647. The largest absolute Gasteiger partial charge is 0.373 e. The first-order valence-corrected chi connectivity index (χ1v) is 8.81. The monoisotopic (exact) mass is 314 g/mol. The Balaban J connectivity index is 1.71. The molecule has 3 atom stereocenters. The van der Waals surface area contributed by atoms with Crippen molar-refractivity contribution in [1.82, 2.24) is 10.2 Å². The molecule has 2 aliphatic rings. The molecule has 2 fully saturated rings. The van der Waals surface area contributed by atoms with Gasteiger partial charge >= 0.3 is 0 Å². The maximum Gasteiger partial charge on any atom is 0.0931 e. The van der Waals surface area contributed by atoms with Crippen LogP contribution in [0.4, 0.5) is 0 Å². The van der Waals surface area contributed by atoms with E-state index >= 15 is 0 Å². The van der Waals surface area contributed by atoms with Crippen LogP contribution in [-0.2, 0) is 4.74 Å². The third kappa shape index (κ3) is 3.20. The van der Waals surface area contributed by atoms with Gasteiger partial charge in [-0.3, -0.25) is 4.90 Å². The fraction of sp³-hybridized carbons (Fsp3) is 0.733. The molecule has 0 spiro atoms. The van der Waals surface area contributed by atoms with E-state index in [0.717, 1.165) is 30.5 Å². The summed E-state index contributed by atoms with van der Waals surface area (Å²) in [4.78, 5) is 3.90. The Bertz CT molecular complexity index is 439. The van der Waals surface area contributed by atoms with E-state index in [2.05, 4.69) is 23.2 Å². The van der Waals surface area contributed by atoms with E-state index in [0.29, 0.717) is 6.04 Å². The van der Waals surface area contributed by atoms with Gasteiger partial charge in [-0.25, -0.2) is 0 Å². The highest BCUT2D eigenvalue weighted by atomic mass is 35.5. The molecule has 1 aromatic heterocycles. The molecule has 3 unspecified atom stereocenters. The van der Waals surface area contributed by atoms with Crippen molar-refractivity contribution in [1.29, 1.82) is 0 Å². The Kier molecular flexibility index (Phi) is 5.00. The summed E-state index contributed by atoms with van der Waals surface area (Å²) in [7, 11) is 0. The highest BCUT2D eigenvalue weighted by Crippen LogP contribution is 2.33. The van der Waals surface area contributed by atoms with Gasteiger partial charge in [0.25, 0.3) is 0 Å².